The fraction of sp³-hybridized carbons (Fsp3) is 0.333. The zero-order valence-electron chi connectivity index (χ0n) is 17.9. The number of carbonyl (C=O) groups excluding carboxylic acids is 1. The summed E-state index contributed by atoms with van der Waals surface area (Å²) in [5.74, 6) is 1.51. The fourth-order valence-electron chi connectivity index (χ4n) is 4.10. The molecule has 1 unspecified atom stereocenters. The van der Waals surface area contributed by atoms with Crippen molar-refractivity contribution in [2.75, 3.05) is 19.8 Å². The molecule has 1 aromatic carbocycles. The molecule has 2 aromatic heterocycles. The van der Waals surface area contributed by atoms with Gasteiger partial charge in [-0.2, -0.15) is 0 Å². The number of fused-ring (bicyclic) bond motifs is 1. The van der Waals surface area contributed by atoms with E-state index in [0.29, 0.717) is 25.3 Å². The molecule has 3 heterocycles. The summed E-state index contributed by atoms with van der Waals surface area (Å²) in [6, 6.07) is 11.7. The Hall–Kier alpha value is -3.28. The second kappa shape index (κ2) is 8.22. The Labute approximate surface area is 177 Å². The first-order valence-electron chi connectivity index (χ1n) is 10.3. The van der Waals surface area contributed by atoms with E-state index in [-0.39, 0.29) is 11.9 Å². The van der Waals surface area contributed by atoms with Gasteiger partial charge in [0.25, 0.3) is 5.91 Å². The molecule has 1 amide bonds. The van der Waals surface area contributed by atoms with Crippen molar-refractivity contribution in [3.05, 3.63) is 71.3 Å². The number of aromatic nitrogens is 2. The molecule has 1 atom stereocenters. The zero-order valence-corrected chi connectivity index (χ0v) is 17.9. The lowest BCUT2D eigenvalue weighted by Gasteiger charge is -2.28. The SMILES string of the molecule is CCN(C(=O)c1cc(C)n(-c2ccc3c(c2)OCCO3)c1C)C(C)c1cccnc1. The largest absolute Gasteiger partial charge is 0.486 e. The van der Waals surface area contributed by atoms with Crippen molar-refractivity contribution in [1.82, 2.24) is 14.5 Å². The third-order valence-electron chi connectivity index (χ3n) is 5.68. The average molecular weight is 405 g/mol. The van der Waals surface area contributed by atoms with Gasteiger partial charge < -0.3 is 18.9 Å². The molecule has 4 rings (SSSR count). The first kappa shape index (κ1) is 20.0. The number of amides is 1. The minimum Gasteiger partial charge on any atom is -0.486 e. The van der Waals surface area contributed by atoms with Crippen LogP contribution in [0.2, 0.25) is 0 Å². The lowest BCUT2D eigenvalue weighted by atomic mass is 10.1. The zero-order chi connectivity index (χ0) is 21.3. The van der Waals surface area contributed by atoms with E-state index in [9.17, 15) is 4.79 Å². The average Bonchev–Trinajstić information content (AvgIpc) is 3.08. The van der Waals surface area contributed by atoms with Crippen LogP contribution in [0.25, 0.3) is 5.69 Å². The Morgan fingerprint density at radius 1 is 1.17 bits per heavy atom. The number of carbonyl (C=O) groups is 1. The number of benzene rings is 1. The fourth-order valence-corrected chi connectivity index (χ4v) is 4.10. The maximum Gasteiger partial charge on any atom is 0.256 e. The van der Waals surface area contributed by atoms with Crippen molar-refractivity contribution in [3.8, 4) is 17.2 Å². The van der Waals surface area contributed by atoms with Crippen LogP contribution in [0, 0.1) is 13.8 Å². The highest BCUT2D eigenvalue weighted by atomic mass is 16.6. The van der Waals surface area contributed by atoms with Crippen LogP contribution in [0.5, 0.6) is 11.5 Å². The highest BCUT2D eigenvalue weighted by Crippen LogP contribution is 2.34. The highest BCUT2D eigenvalue weighted by molar-refractivity contribution is 5.96. The molecule has 1 aliphatic rings. The molecule has 0 N–H and O–H groups in total. The van der Waals surface area contributed by atoms with Gasteiger partial charge in [0.2, 0.25) is 0 Å². The summed E-state index contributed by atoms with van der Waals surface area (Å²) in [7, 11) is 0. The minimum absolute atomic E-state index is 0.0192. The van der Waals surface area contributed by atoms with E-state index in [1.165, 1.54) is 0 Å². The van der Waals surface area contributed by atoms with E-state index >= 15 is 0 Å². The molecule has 3 aromatic rings. The van der Waals surface area contributed by atoms with Crippen LogP contribution in [0.4, 0.5) is 0 Å². The monoisotopic (exact) mass is 405 g/mol. The molecule has 0 spiro atoms. The summed E-state index contributed by atoms with van der Waals surface area (Å²) in [5, 5.41) is 0. The molecule has 0 saturated carbocycles. The molecule has 6 heteroatoms. The van der Waals surface area contributed by atoms with E-state index in [1.54, 1.807) is 6.20 Å². The van der Waals surface area contributed by atoms with Crippen LogP contribution in [-0.4, -0.2) is 40.1 Å². The van der Waals surface area contributed by atoms with Crippen LogP contribution < -0.4 is 9.47 Å². The van der Waals surface area contributed by atoms with Crippen molar-refractivity contribution >= 4 is 5.91 Å². The van der Waals surface area contributed by atoms with E-state index < -0.39 is 0 Å². The van der Waals surface area contributed by atoms with Crippen LogP contribution in [0.1, 0.15) is 47.2 Å². The van der Waals surface area contributed by atoms with Crippen molar-refractivity contribution in [2.24, 2.45) is 0 Å². The Morgan fingerprint density at radius 2 is 1.93 bits per heavy atom. The predicted octanol–water partition coefficient (Wildman–Crippen LogP) is 4.48. The Bertz CT molecular complexity index is 1060. The first-order valence-corrected chi connectivity index (χ1v) is 10.3. The number of pyridine rings is 1. The molecule has 0 fully saturated rings. The van der Waals surface area contributed by atoms with Gasteiger partial charge in [0.05, 0.1) is 11.6 Å². The van der Waals surface area contributed by atoms with E-state index in [0.717, 1.165) is 34.1 Å². The molecular formula is C24H27N3O3. The molecule has 1 aliphatic heterocycles. The first-order chi connectivity index (χ1) is 14.5. The lowest BCUT2D eigenvalue weighted by Crippen LogP contribution is -2.33. The summed E-state index contributed by atoms with van der Waals surface area (Å²) >= 11 is 0. The number of hydrogen-bond donors (Lipinski definition) is 0. The maximum atomic E-state index is 13.5. The van der Waals surface area contributed by atoms with Crippen LogP contribution in [0.3, 0.4) is 0 Å². The predicted molar refractivity (Wildman–Crippen MR) is 116 cm³/mol. The summed E-state index contributed by atoms with van der Waals surface area (Å²) in [5.41, 5.74) is 4.59. The Morgan fingerprint density at radius 3 is 2.63 bits per heavy atom. The Kier molecular flexibility index (Phi) is 5.48. The number of nitrogens with zero attached hydrogens (tertiary/aromatic N) is 3. The summed E-state index contributed by atoms with van der Waals surface area (Å²) in [4.78, 5) is 19.6. The van der Waals surface area contributed by atoms with Gasteiger partial charge in [0.15, 0.2) is 11.5 Å². The van der Waals surface area contributed by atoms with E-state index in [2.05, 4.69) is 9.55 Å². The van der Waals surface area contributed by atoms with Crippen molar-refractivity contribution in [3.63, 3.8) is 0 Å². The Balaban J connectivity index is 1.68. The van der Waals surface area contributed by atoms with Crippen molar-refractivity contribution < 1.29 is 14.3 Å². The maximum absolute atomic E-state index is 13.5. The molecular weight excluding hydrogens is 378 g/mol. The van der Waals surface area contributed by atoms with Crippen LogP contribution in [0.15, 0.2) is 48.8 Å². The number of rotatable bonds is 5. The number of hydrogen-bond acceptors (Lipinski definition) is 4. The molecule has 6 nitrogen and oxygen atoms in total. The molecule has 0 aliphatic carbocycles. The quantitative estimate of drug-likeness (QED) is 0.628. The van der Waals surface area contributed by atoms with Gasteiger partial charge in [0, 0.05) is 42.1 Å². The van der Waals surface area contributed by atoms with Gasteiger partial charge in [-0.05, 0) is 57.5 Å². The number of ether oxygens (including phenoxy) is 2. The van der Waals surface area contributed by atoms with Crippen molar-refractivity contribution in [2.45, 2.75) is 33.7 Å². The van der Waals surface area contributed by atoms with Gasteiger partial charge in [-0.15, -0.1) is 0 Å². The molecule has 0 radical (unpaired) electrons. The third-order valence-corrected chi connectivity index (χ3v) is 5.68. The smallest absolute Gasteiger partial charge is 0.256 e. The van der Waals surface area contributed by atoms with Gasteiger partial charge >= 0.3 is 0 Å². The summed E-state index contributed by atoms with van der Waals surface area (Å²) in [6.45, 7) is 9.77. The standard InChI is InChI=1S/C24H27N3O3/c1-5-26(17(3)19-7-6-10-25-15-19)24(28)21-13-16(2)27(18(21)4)20-8-9-22-23(14-20)30-12-11-29-22/h6-10,13-15,17H,5,11-12H2,1-4H3. The van der Waals surface area contributed by atoms with Gasteiger partial charge in [-0.3, -0.25) is 9.78 Å². The summed E-state index contributed by atoms with van der Waals surface area (Å²) < 4.78 is 13.5. The lowest BCUT2D eigenvalue weighted by molar-refractivity contribution is 0.0701. The van der Waals surface area contributed by atoms with Gasteiger partial charge in [-0.1, -0.05) is 6.07 Å². The molecule has 30 heavy (non-hydrogen) atoms. The van der Waals surface area contributed by atoms with E-state index in [1.807, 2.05) is 75.2 Å². The van der Waals surface area contributed by atoms with Crippen molar-refractivity contribution in [1.29, 1.82) is 0 Å². The van der Waals surface area contributed by atoms with Gasteiger partial charge in [0.1, 0.15) is 13.2 Å². The second-order valence-corrected chi connectivity index (χ2v) is 7.50. The molecule has 0 saturated heterocycles. The highest BCUT2D eigenvalue weighted by Gasteiger charge is 2.26. The second-order valence-electron chi connectivity index (χ2n) is 7.50. The van der Waals surface area contributed by atoms with Gasteiger partial charge in [-0.25, -0.2) is 0 Å². The molecule has 0 bridgehead atoms. The number of aryl methyl sites for hydroxylation is 1. The van der Waals surface area contributed by atoms with Crippen LogP contribution >= 0.6 is 0 Å². The minimum atomic E-state index is -0.0615. The van der Waals surface area contributed by atoms with E-state index in [4.69, 9.17) is 9.47 Å². The topological polar surface area (TPSA) is 56.6 Å². The third kappa shape index (κ3) is 3.54. The molecule has 156 valence electrons. The summed E-state index contributed by atoms with van der Waals surface area (Å²) in [6.07, 6.45) is 3.56. The normalized spacial score (nSPS) is 13.7. The van der Waals surface area contributed by atoms with Crippen LogP contribution in [-0.2, 0) is 0 Å².